The molecule has 0 saturated carbocycles. The van der Waals surface area contributed by atoms with E-state index in [1.54, 1.807) is 13.0 Å². The van der Waals surface area contributed by atoms with Crippen LogP contribution in [-0.4, -0.2) is 17.0 Å². The Morgan fingerprint density at radius 1 is 1.14 bits per heavy atom. The summed E-state index contributed by atoms with van der Waals surface area (Å²) < 4.78 is 13.6. The third-order valence-corrected chi connectivity index (χ3v) is 3.34. The van der Waals surface area contributed by atoms with E-state index in [0.29, 0.717) is 17.1 Å². The summed E-state index contributed by atoms with van der Waals surface area (Å²) in [5, 5.41) is 6.26. The van der Waals surface area contributed by atoms with Crippen LogP contribution in [-0.2, 0) is 6.42 Å². The van der Waals surface area contributed by atoms with Gasteiger partial charge in [0.2, 0.25) is 0 Å². The first-order valence-corrected chi connectivity index (χ1v) is 7.13. The van der Waals surface area contributed by atoms with Crippen molar-refractivity contribution in [2.45, 2.75) is 33.6 Å². The SMILES string of the molecule is CCCc1nc(NC)c(C)c(Nc2ccc(C)c(F)c2)n1. The average Bonchev–Trinajstić information content (AvgIpc) is 2.46. The van der Waals surface area contributed by atoms with Crippen molar-refractivity contribution >= 4 is 17.3 Å². The van der Waals surface area contributed by atoms with Crippen molar-refractivity contribution < 1.29 is 4.39 Å². The van der Waals surface area contributed by atoms with Crippen LogP contribution in [0.2, 0.25) is 0 Å². The molecule has 4 nitrogen and oxygen atoms in total. The second-order valence-electron chi connectivity index (χ2n) is 5.05. The molecule has 1 aromatic heterocycles. The van der Waals surface area contributed by atoms with E-state index in [9.17, 15) is 4.39 Å². The molecule has 0 fully saturated rings. The fourth-order valence-corrected chi connectivity index (χ4v) is 2.07. The zero-order chi connectivity index (χ0) is 15.4. The van der Waals surface area contributed by atoms with Gasteiger partial charge in [0.05, 0.1) is 0 Å². The van der Waals surface area contributed by atoms with Gasteiger partial charge in [-0.2, -0.15) is 0 Å². The van der Waals surface area contributed by atoms with Crippen LogP contribution in [0.5, 0.6) is 0 Å². The van der Waals surface area contributed by atoms with Crippen molar-refractivity contribution in [2.75, 3.05) is 17.7 Å². The van der Waals surface area contributed by atoms with E-state index in [2.05, 4.69) is 27.5 Å². The summed E-state index contributed by atoms with van der Waals surface area (Å²) in [6.45, 7) is 5.77. The highest BCUT2D eigenvalue weighted by Crippen LogP contribution is 2.24. The number of rotatable bonds is 5. The van der Waals surface area contributed by atoms with Gasteiger partial charge in [-0.25, -0.2) is 14.4 Å². The average molecular weight is 288 g/mol. The summed E-state index contributed by atoms with van der Waals surface area (Å²) in [4.78, 5) is 9.01. The minimum absolute atomic E-state index is 0.227. The molecule has 2 aromatic rings. The lowest BCUT2D eigenvalue weighted by atomic mass is 10.2. The number of benzene rings is 1. The van der Waals surface area contributed by atoms with Crippen LogP contribution < -0.4 is 10.6 Å². The molecule has 0 bridgehead atoms. The predicted octanol–water partition coefficient (Wildman–Crippen LogP) is 3.97. The molecule has 2 N–H and O–H groups in total. The summed E-state index contributed by atoms with van der Waals surface area (Å²) in [6, 6.07) is 5.08. The second-order valence-corrected chi connectivity index (χ2v) is 5.05. The fraction of sp³-hybridized carbons (Fsp3) is 0.375. The van der Waals surface area contributed by atoms with Crippen molar-refractivity contribution in [1.29, 1.82) is 0 Å². The van der Waals surface area contributed by atoms with Crippen molar-refractivity contribution in [3.05, 3.63) is 41.0 Å². The van der Waals surface area contributed by atoms with Gasteiger partial charge in [-0.3, -0.25) is 0 Å². The highest BCUT2D eigenvalue weighted by atomic mass is 19.1. The molecule has 0 amide bonds. The van der Waals surface area contributed by atoms with Crippen LogP contribution in [0.25, 0.3) is 0 Å². The number of anilines is 3. The van der Waals surface area contributed by atoms with E-state index in [4.69, 9.17) is 0 Å². The van der Waals surface area contributed by atoms with Gasteiger partial charge in [0, 0.05) is 24.7 Å². The lowest BCUT2D eigenvalue weighted by molar-refractivity contribution is 0.619. The number of aromatic nitrogens is 2. The van der Waals surface area contributed by atoms with Crippen LogP contribution in [0.15, 0.2) is 18.2 Å². The third-order valence-electron chi connectivity index (χ3n) is 3.34. The van der Waals surface area contributed by atoms with Crippen molar-refractivity contribution in [3.8, 4) is 0 Å². The van der Waals surface area contributed by atoms with Crippen LogP contribution in [0.3, 0.4) is 0 Å². The smallest absolute Gasteiger partial charge is 0.139 e. The molecule has 21 heavy (non-hydrogen) atoms. The Balaban J connectivity index is 2.37. The Labute approximate surface area is 124 Å². The zero-order valence-electron chi connectivity index (χ0n) is 12.9. The van der Waals surface area contributed by atoms with E-state index >= 15 is 0 Å². The molecule has 1 aromatic carbocycles. The molecule has 0 aliphatic heterocycles. The third kappa shape index (κ3) is 3.48. The molecule has 1 heterocycles. The maximum absolute atomic E-state index is 13.6. The summed E-state index contributed by atoms with van der Waals surface area (Å²) in [5.74, 6) is 2.06. The predicted molar refractivity (Wildman–Crippen MR) is 84.7 cm³/mol. The summed E-state index contributed by atoms with van der Waals surface area (Å²) in [7, 11) is 1.83. The molecular weight excluding hydrogens is 267 g/mol. The maximum atomic E-state index is 13.6. The second kappa shape index (κ2) is 6.52. The number of aryl methyl sites for hydroxylation is 2. The number of halogens is 1. The molecule has 0 radical (unpaired) electrons. The van der Waals surface area contributed by atoms with Crippen molar-refractivity contribution in [1.82, 2.24) is 9.97 Å². The van der Waals surface area contributed by atoms with Crippen LogP contribution in [0.4, 0.5) is 21.7 Å². The van der Waals surface area contributed by atoms with E-state index in [1.165, 1.54) is 6.07 Å². The largest absolute Gasteiger partial charge is 0.373 e. The number of hydrogen-bond acceptors (Lipinski definition) is 4. The molecule has 0 atom stereocenters. The van der Waals surface area contributed by atoms with E-state index in [1.807, 2.05) is 20.0 Å². The molecule has 112 valence electrons. The molecule has 2 rings (SSSR count). The monoisotopic (exact) mass is 288 g/mol. The minimum Gasteiger partial charge on any atom is -0.373 e. The number of hydrogen-bond donors (Lipinski definition) is 2. The highest BCUT2D eigenvalue weighted by Gasteiger charge is 2.10. The van der Waals surface area contributed by atoms with Gasteiger partial charge < -0.3 is 10.6 Å². The van der Waals surface area contributed by atoms with Gasteiger partial charge in [-0.1, -0.05) is 13.0 Å². The number of nitrogens with one attached hydrogen (secondary N) is 2. The lowest BCUT2D eigenvalue weighted by Crippen LogP contribution is -2.07. The minimum atomic E-state index is -0.227. The standard InChI is InChI=1S/C16H21FN4/c1-5-6-14-20-15(18-4)11(3)16(21-14)19-12-8-7-10(2)13(17)9-12/h7-9H,5-6H2,1-4H3,(H2,18,19,20,21). The topological polar surface area (TPSA) is 49.8 Å². The number of nitrogens with zero attached hydrogens (tertiary/aromatic N) is 2. The van der Waals surface area contributed by atoms with E-state index < -0.39 is 0 Å². The van der Waals surface area contributed by atoms with Crippen molar-refractivity contribution in [3.63, 3.8) is 0 Å². The van der Waals surface area contributed by atoms with Gasteiger partial charge in [-0.05, 0) is 38.0 Å². The first-order valence-electron chi connectivity index (χ1n) is 7.13. The van der Waals surface area contributed by atoms with Crippen LogP contribution in [0.1, 0.15) is 30.3 Å². The molecule has 0 aliphatic carbocycles. The summed E-state index contributed by atoms with van der Waals surface area (Å²) in [5.41, 5.74) is 2.23. The molecule has 0 aliphatic rings. The maximum Gasteiger partial charge on any atom is 0.139 e. The first-order chi connectivity index (χ1) is 10.0. The Morgan fingerprint density at radius 3 is 2.48 bits per heavy atom. The zero-order valence-corrected chi connectivity index (χ0v) is 12.9. The Hall–Kier alpha value is -2.17. The van der Waals surface area contributed by atoms with Gasteiger partial charge in [0.15, 0.2) is 0 Å². The van der Waals surface area contributed by atoms with Gasteiger partial charge in [0.25, 0.3) is 0 Å². The fourth-order valence-electron chi connectivity index (χ4n) is 2.07. The van der Waals surface area contributed by atoms with Gasteiger partial charge >= 0.3 is 0 Å². The summed E-state index contributed by atoms with van der Waals surface area (Å²) >= 11 is 0. The van der Waals surface area contributed by atoms with Crippen LogP contribution in [0, 0.1) is 19.7 Å². The Kier molecular flexibility index (Phi) is 4.73. The molecular formula is C16H21FN4. The Morgan fingerprint density at radius 2 is 1.86 bits per heavy atom. The highest BCUT2D eigenvalue weighted by molar-refractivity contribution is 5.64. The van der Waals surface area contributed by atoms with E-state index in [-0.39, 0.29) is 5.82 Å². The molecule has 0 spiro atoms. The molecule has 5 heteroatoms. The van der Waals surface area contributed by atoms with E-state index in [0.717, 1.165) is 30.0 Å². The molecule has 0 saturated heterocycles. The molecule has 0 unspecified atom stereocenters. The quantitative estimate of drug-likeness (QED) is 0.874. The van der Waals surface area contributed by atoms with Gasteiger partial charge in [-0.15, -0.1) is 0 Å². The lowest BCUT2D eigenvalue weighted by Gasteiger charge is -2.14. The van der Waals surface area contributed by atoms with Crippen molar-refractivity contribution in [2.24, 2.45) is 0 Å². The normalized spacial score (nSPS) is 10.5. The summed E-state index contributed by atoms with van der Waals surface area (Å²) in [6.07, 6.45) is 1.79. The first kappa shape index (κ1) is 15.2. The van der Waals surface area contributed by atoms with Crippen LogP contribution >= 0.6 is 0 Å². The Bertz CT molecular complexity index is 640. The van der Waals surface area contributed by atoms with Gasteiger partial charge in [0.1, 0.15) is 23.3 Å².